The van der Waals surface area contributed by atoms with Crippen molar-refractivity contribution in [2.75, 3.05) is 13.7 Å². The Morgan fingerprint density at radius 3 is 2.60 bits per heavy atom. The van der Waals surface area contributed by atoms with Gasteiger partial charge in [-0.3, -0.25) is 14.4 Å². The molecule has 0 radical (unpaired) electrons. The van der Waals surface area contributed by atoms with Crippen LogP contribution in [0.4, 0.5) is 4.79 Å². The lowest BCUT2D eigenvalue weighted by Crippen LogP contribution is -2.57. The van der Waals surface area contributed by atoms with Crippen LogP contribution in [0, 0.1) is 5.41 Å². The van der Waals surface area contributed by atoms with Crippen molar-refractivity contribution in [2.24, 2.45) is 11.1 Å². The van der Waals surface area contributed by atoms with Crippen molar-refractivity contribution in [1.29, 1.82) is 0 Å². The van der Waals surface area contributed by atoms with E-state index in [2.05, 4.69) is 5.32 Å². The average molecular weight is 502 g/mol. The Labute approximate surface area is 208 Å². The number of hydrogen-bond acceptors (Lipinski definition) is 7. The van der Waals surface area contributed by atoms with Crippen LogP contribution < -0.4 is 15.8 Å². The van der Waals surface area contributed by atoms with Gasteiger partial charge in [-0.2, -0.15) is 0 Å². The molecular formula is C25H31N3O6S. The molecule has 188 valence electrons. The van der Waals surface area contributed by atoms with Crippen LogP contribution in [0.15, 0.2) is 47.2 Å². The molecule has 1 aromatic carbocycles. The third-order valence-electron chi connectivity index (χ3n) is 6.05. The molecule has 1 fully saturated rings. The minimum absolute atomic E-state index is 0.282. The Morgan fingerprint density at radius 2 is 1.97 bits per heavy atom. The van der Waals surface area contributed by atoms with Gasteiger partial charge >= 0.3 is 6.09 Å². The maximum atomic E-state index is 13.5. The number of benzene rings is 1. The first-order valence-corrected chi connectivity index (χ1v) is 12.3. The molecule has 2 unspecified atom stereocenters. The third-order valence-corrected chi connectivity index (χ3v) is 6.71. The molecule has 1 saturated heterocycles. The summed E-state index contributed by atoms with van der Waals surface area (Å²) < 4.78 is 10.5. The molecule has 9 nitrogen and oxygen atoms in total. The van der Waals surface area contributed by atoms with Crippen molar-refractivity contribution >= 4 is 35.0 Å². The topological polar surface area (TPSA) is 128 Å². The number of nitrogens with two attached hydrogens (primary N) is 1. The zero-order chi connectivity index (χ0) is 25.6. The van der Waals surface area contributed by atoms with Gasteiger partial charge in [-0.25, -0.2) is 4.79 Å². The van der Waals surface area contributed by atoms with E-state index in [4.69, 9.17) is 15.2 Å². The first-order valence-electron chi connectivity index (χ1n) is 11.3. The highest BCUT2D eigenvalue weighted by atomic mass is 32.1. The monoisotopic (exact) mass is 501 g/mol. The number of carbonyl (C=O) groups excluding carboxylic acids is 4. The van der Waals surface area contributed by atoms with Gasteiger partial charge in [0.2, 0.25) is 11.8 Å². The number of nitrogens with zero attached hydrogens (tertiary/aromatic N) is 1. The summed E-state index contributed by atoms with van der Waals surface area (Å²) in [6.45, 7) is 3.72. The highest BCUT2D eigenvalue weighted by Crippen LogP contribution is 2.30. The maximum Gasteiger partial charge on any atom is 0.413 e. The lowest BCUT2D eigenvalue weighted by atomic mass is 9.80. The number of amides is 3. The third kappa shape index (κ3) is 7.12. The second-order valence-corrected chi connectivity index (χ2v) is 10.2. The summed E-state index contributed by atoms with van der Waals surface area (Å²) in [4.78, 5) is 51.5. The summed E-state index contributed by atoms with van der Waals surface area (Å²) in [5.74, 6) is -1.42. The fraction of sp³-hybridized carbons (Fsp3) is 0.440. The van der Waals surface area contributed by atoms with Crippen molar-refractivity contribution in [3.05, 3.63) is 52.7 Å². The molecule has 2 heterocycles. The van der Waals surface area contributed by atoms with Gasteiger partial charge in [0.25, 0.3) is 0 Å². The lowest BCUT2D eigenvalue weighted by Gasteiger charge is -2.34. The number of hydrogen-bond donors (Lipinski definition) is 2. The van der Waals surface area contributed by atoms with Crippen LogP contribution in [0.3, 0.4) is 0 Å². The summed E-state index contributed by atoms with van der Waals surface area (Å²) in [5, 5.41) is 6.09. The van der Waals surface area contributed by atoms with E-state index in [0.717, 1.165) is 17.7 Å². The number of primary amides is 1. The standard InChI is InChI=1S/C25H31N3O6S/c1-25(2,11-9-16-7-5-4-6-8-16)13-18(27-24(32)34-17-10-12-35-15-17)23(31)28(3)20-19(29)14-33-21(20)22(26)30/h4-8,10,12,15,18,20-21H,9,11,13-14H2,1-3H3,(H2,26,30)(H,27,32)/t18-,20?,21?/m0/s1. The van der Waals surface area contributed by atoms with E-state index < -0.39 is 41.9 Å². The summed E-state index contributed by atoms with van der Waals surface area (Å²) in [7, 11) is 1.41. The van der Waals surface area contributed by atoms with E-state index in [1.54, 1.807) is 16.8 Å². The first kappa shape index (κ1) is 26.4. The molecule has 3 amide bonds. The van der Waals surface area contributed by atoms with Crippen LogP contribution in [0.5, 0.6) is 5.75 Å². The van der Waals surface area contributed by atoms with Crippen LogP contribution in [0.2, 0.25) is 0 Å². The first-order chi connectivity index (χ1) is 16.6. The second kappa shape index (κ2) is 11.5. The molecular weight excluding hydrogens is 470 g/mol. The molecule has 0 aliphatic carbocycles. The van der Waals surface area contributed by atoms with Crippen LogP contribution in [0.25, 0.3) is 0 Å². The van der Waals surface area contributed by atoms with Crippen LogP contribution in [0.1, 0.15) is 32.3 Å². The molecule has 0 spiro atoms. The van der Waals surface area contributed by atoms with Gasteiger partial charge in [0.05, 0.1) is 0 Å². The van der Waals surface area contributed by atoms with Gasteiger partial charge in [-0.1, -0.05) is 44.2 Å². The van der Waals surface area contributed by atoms with Crippen molar-refractivity contribution in [2.45, 2.75) is 51.3 Å². The summed E-state index contributed by atoms with van der Waals surface area (Å²) in [6.07, 6.45) is -0.190. The van der Waals surface area contributed by atoms with E-state index in [1.807, 2.05) is 44.2 Å². The molecule has 3 atom stereocenters. The fourth-order valence-electron chi connectivity index (χ4n) is 4.13. The number of ether oxygens (including phenoxy) is 2. The molecule has 0 saturated carbocycles. The number of ketones is 1. The van der Waals surface area contributed by atoms with Crippen LogP contribution >= 0.6 is 11.3 Å². The molecule has 3 rings (SSSR count). The molecule has 1 aliphatic rings. The number of Topliss-reactive ketones (excluding diaryl/α,β-unsaturated/α-hetero) is 1. The summed E-state index contributed by atoms with van der Waals surface area (Å²) in [5.41, 5.74) is 6.19. The summed E-state index contributed by atoms with van der Waals surface area (Å²) in [6, 6.07) is 9.47. The normalized spacial score (nSPS) is 18.7. The van der Waals surface area contributed by atoms with E-state index in [0.29, 0.717) is 5.75 Å². The molecule has 35 heavy (non-hydrogen) atoms. The van der Waals surface area contributed by atoms with Gasteiger partial charge in [0.1, 0.15) is 24.4 Å². The van der Waals surface area contributed by atoms with E-state index in [-0.39, 0.29) is 18.4 Å². The SMILES string of the molecule is CN(C(=O)[C@H](CC(C)(C)CCc1ccccc1)NC(=O)Oc1ccsc1)C1C(=O)COC1C(N)=O. The van der Waals surface area contributed by atoms with Gasteiger partial charge in [0, 0.05) is 12.4 Å². The fourth-order valence-corrected chi connectivity index (χ4v) is 4.68. The van der Waals surface area contributed by atoms with Crippen molar-refractivity contribution in [3.8, 4) is 5.75 Å². The number of rotatable bonds is 10. The molecule has 0 bridgehead atoms. The van der Waals surface area contributed by atoms with Crippen molar-refractivity contribution in [3.63, 3.8) is 0 Å². The predicted octanol–water partition coefficient (Wildman–Crippen LogP) is 2.53. The van der Waals surface area contributed by atoms with Crippen LogP contribution in [-0.4, -0.2) is 60.4 Å². The van der Waals surface area contributed by atoms with Gasteiger partial charge in [-0.15, -0.1) is 11.3 Å². The number of aryl methyl sites for hydroxylation is 1. The Kier molecular flexibility index (Phi) is 8.63. The molecule has 3 N–H and O–H groups in total. The largest absolute Gasteiger partial charge is 0.413 e. The van der Waals surface area contributed by atoms with Gasteiger partial charge in [0.15, 0.2) is 11.9 Å². The number of thiophene rings is 1. The van der Waals surface area contributed by atoms with Crippen molar-refractivity contribution < 1.29 is 28.7 Å². The summed E-state index contributed by atoms with van der Waals surface area (Å²) >= 11 is 1.37. The Morgan fingerprint density at radius 1 is 1.26 bits per heavy atom. The Bertz CT molecular complexity index is 1040. The van der Waals surface area contributed by atoms with Gasteiger partial charge < -0.3 is 25.4 Å². The predicted molar refractivity (Wildman–Crippen MR) is 131 cm³/mol. The zero-order valence-corrected chi connectivity index (χ0v) is 20.9. The molecule has 1 aliphatic heterocycles. The highest BCUT2D eigenvalue weighted by Gasteiger charge is 2.45. The van der Waals surface area contributed by atoms with Gasteiger partial charge in [-0.05, 0) is 41.7 Å². The minimum atomic E-state index is -1.24. The lowest BCUT2D eigenvalue weighted by molar-refractivity contribution is -0.141. The smallest absolute Gasteiger partial charge is 0.409 e. The maximum absolute atomic E-state index is 13.5. The molecule has 2 aromatic rings. The van der Waals surface area contributed by atoms with E-state index in [1.165, 1.54) is 23.9 Å². The number of carbonyl (C=O) groups is 4. The Balaban J connectivity index is 1.76. The van der Waals surface area contributed by atoms with Crippen molar-refractivity contribution in [1.82, 2.24) is 10.2 Å². The minimum Gasteiger partial charge on any atom is -0.409 e. The zero-order valence-electron chi connectivity index (χ0n) is 20.1. The highest BCUT2D eigenvalue weighted by molar-refractivity contribution is 7.08. The average Bonchev–Trinajstić information content (AvgIpc) is 3.46. The number of nitrogens with one attached hydrogen (secondary N) is 1. The second-order valence-electron chi connectivity index (χ2n) is 9.39. The molecule has 1 aromatic heterocycles. The van der Waals surface area contributed by atoms with E-state index in [9.17, 15) is 19.2 Å². The Hall–Kier alpha value is -3.24. The van der Waals surface area contributed by atoms with E-state index >= 15 is 0 Å². The quantitative estimate of drug-likeness (QED) is 0.515. The van der Waals surface area contributed by atoms with Crippen LogP contribution in [-0.2, 0) is 25.5 Å². The number of likely N-dealkylation sites (N-methyl/N-ethyl adjacent to an activating group) is 1. The molecule has 10 heteroatoms.